The van der Waals surface area contributed by atoms with Gasteiger partial charge in [-0.3, -0.25) is 5.10 Å². The summed E-state index contributed by atoms with van der Waals surface area (Å²) in [6, 6.07) is 0. The van der Waals surface area contributed by atoms with Gasteiger partial charge in [0, 0.05) is 13.1 Å². The number of alkyl halides is 1. The van der Waals surface area contributed by atoms with Crippen molar-refractivity contribution >= 4 is 21.6 Å². The van der Waals surface area contributed by atoms with Gasteiger partial charge in [0.15, 0.2) is 0 Å². The summed E-state index contributed by atoms with van der Waals surface area (Å²) < 4.78 is 32.4. The van der Waals surface area contributed by atoms with Crippen molar-refractivity contribution in [3.63, 3.8) is 0 Å². The highest BCUT2D eigenvalue weighted by atomic mass is 35.5. The molecule has 0 bridgehead atoms. The van der Waals surface area contributed by atoms with E-state index in [4.69, 9.17) is 16.3 Å². The lowest BCUT2D eigenvalue weighted by atomic mass is 10.3. The Labute approximate surface area is 118 Å². The van der Waals surface area contributed by atoms with Crippen LogP contribution in [0.2, 0.25) is 0 Å². The smallest absolute Gasteiger partial charge is 0.246 e. The molecule has 0 radical (unpaired) electrons. The third-order valence-corrected chi connectivity index (χ3v) is 5.36. The van der Waals surface area contributed by atoms with Gasteiger partial charge in [0.25, 0.3) is 0 Å². The number of nitrogens with zero attached hydrogens (tertiary/aromatic N) is 2. The van der Waals surface area contributed by atoms with E-state index in [1.807, 2.05) is 13.8 Å². The molecule has 0 spiro atoms. The van der Waals surface area contributed by atoms with Gasteiger partial charge in [-0.25, -0.2) is 8.42 Å². The van der Waals surface area contributed by atoms with Gasteiger partial charge in [0.2, 0.25) is 10.0 Å². The summed E-state index contributed by atoms with van der Waals surface area (Å²) >= 11 is 5.76. The van der Waals surface area contributed by atoms with Gasteiger partial charge in [-0.05, 0) is 20.8 Å². The van der Waals surface area contributed by atoms with Crippen LogP contribution in [0.25, 0.3) is 0 Å². The molecule has 108 valence electrons. The number of rotatable bonds is 3. The summed E-state index contributed by atoms with van der Waals surface area (Å²) in [5.41, 5.74) is 0.883. The molecule has 1 aromatic heterocycles. The van der Waals surface area contributed by atoms with Gasteiger partial charge in [0.05, 0.1) is 29.5 Å². The molecule has 6 nitrogen and oxygen atoms in total. The summed E-state index contributed by atoms with van der Waals surface area (Å²) in [7, 11) is -3.58. The first-order chi connectivity index (χ1) is 8.86. The van der Waals surface area contributed by atoms with Crippen LogP contribution in [0.3, 0.4) is 0 Å². The first kappa shape index (κ1) is 14.8. The van der Waals surface area contributed by atoms with E-state index < -0.39 is 10.0 Å². The van der Waals surface area contributed by atoms with Crippen molar-refractivity contribution in [2.45, 2.75) is 43.8 Å². The van der Waals surface area contributed by atoms with Crippen molar-refractivity contribution in [1.82, 2.24) is 14.5 Å². The summed E-state index contributed by atoms with van der Waals surface area (Å²) in [4.78, 5) is 0.198. The monoisotopic (exact) mass is 307 g/mol. The maximum atomic E-state index is 12.7. The quantitative estimate of drug-likeness (QED) is 0.853. The summed E-state index contributed by atoms with van der Waals surface area (Å²) in [6.07, 6.45) is -0.240. The lowest BCUT2D eigenvalue weighted by molar-refractivity contribution is -0.0441. The lowest BCUT2D eigenvalue weighted by Crippen LogP contribution is -2.48. The second-order valence-corrected chi connectivity index (χ2v) is 6.98. The van der Waals surface area contributed by atoms with E-state index in [2.05, 4.69) is 10.2 Å². The first-order valence-corrected chi connectivity index (χ1v) is 8.09. The van der Waals surface area contributed by atoms with Crippen LogP contribution in [0.15, 0.2) is 4.90 Å². The average Bonchev–Trinajstić information content (AvgIpc) is 2.69. The number of aromatic amines is 1. The molecule has 2 heterocycles. The number of nitrogens with one attached hydrogen (secondary N) is 1. The van der Waals surface area contributed by atoms with Gasteiger partial charge in [-0.2, -0.15) is 9.40 Å². The van der Waals surface area contributed by atoms with E-state index in [-0.39, 0.29) is 23.0 Å². The highest BCUT2D eigenvalue weighted by molar-refractivity contribution is 7.89. The summed E-state index contributed by atoms with van der Waals surface area (Å²) in [6.45, 7) is 6.10. The number of ether oxygens (including phenoxy) is 1. The zero-order valence-corrected chi connectivity index (χ0v) is 12.8. The van der Waals surface area contributed by atoms with Crippen molar-refractivity contribution in [2.24, 2.45) is 0 Å². The molecular weight excluding hydrogens is 290 g/mol. The molecule has 1 N–H and O–H groups in total. The number of aromatic nitrogens is 2. The molecule has 0 saturated carbocycles. The van der Waals surface area contributed by atoms with Crippen molar-refractivity contribution in [3.8, 4) is 0 Å². The molecule has 8 heteroatoms. The Morgan fingerprint density at radius 2 is 2.00 bits per heavy atom. The van der Waals surface area contributed by atoms with Crippen LogP contribution in [0.4, 0.5) is 0 Å². The van der Waals surface area contributed by atoms with Crippen LogP contribution in [0, 0.1) is 6.92 Å². The zero-order valence-electron chi connectivity index (χ0n) is 11.2. The van der Waals surface area contributed by atoms with E-state index in [9.17, 15) is 8.42 Å². The van der Waals surface area contributed by atoms with E-state index in [1.165, 1.54) is 4.31 Å². The van der Waals surface area contributed by atoms with E-state index in [0.717, 1.165) is 0 Å². The molecule has 1 aliphatic rings. The normalized spacial score (nSPS) is 25.7. The largest absolute Gasteiger partial charge is 0.373 e. The van der Waals surface area contributed by atoms with Gasteiger partial charge in [-0.15, -0.1) is 11.6 Å². The molecule has 0 aliphatic carbocycles. The Kier molecular flexibility index (Phi) is 4.20. The fourth-order valence-electron chi connectivity index (χ4n) is 2.36. The molecule has 1 aliphatic heterocycles. The fraction of sp³-hybridized carbons (Fsp3) is 0.727. The Morgan fingerprint density at radius 1 is 1.42 bits per heavy atom. The molecule has 2 unspecified atom stereocenters. The molecule has 0 aromatic carbocycles. The first-order valence-electron chi connectivity index (χ1n) is 6.11. The Hall–Kier alpha value is -0.630. The van der Waals surface area contributed by atoms with E-state index in [1.54, 1.807) is 6.92 Å². The number of sulfonamides is 1. The number of hydrogen-bond donors (Lipinski definition) is 1. The third kappa shape index (κ3) is 2.79. The van der Waals surface area contributed by atoms with Crippen LogP contribution in [-0.2, 0) is 20.6 Å². The Balaban J connectivity index is 2.39. The van der Waals surface area contributed by atoms with Crippen LogP contribution in [-0.4, -0.2) is 48.2 Å². The second kappa shape index (κ2) is 5.40. The van der Waals surface area contributed by atoms with E-state index in [0.29, 0.717) is 24.5 Å². The summed E-state index contributed by atoms with van der Waals surface area (Å²) in [5.74, 6) is 0.0638. The maximum absolute atomic E-state index is 12.7. The summed E-state index contributed by atoms with van der Waals surface area (Å²) in [5, 5.41) is 6.62. The van der Waals surface area contributed by atoms with Gasteiger partial charge in [0.1, 0.15) is 4.90 Å². The second-order valence-electron chi connectivity index (χ2n) is 4.84. The van der Waals surface area contributed by atoms with Crippen molar-refractivity contribution in [1.29, 1.82) is 0 Å². The molecule has 1 saturated heterocycles. The van der Waals surface area contributed by atoms with Crippen LogP contribution in [0.5, 0.6) is 0 Å². The number of halogens is 1. The Morgan fingerprint density at radius 3 is 2.53 bits per heavy atom. The Bertz CT molecular complexity index is 548. The molecule has 2 atom stereocenters. The highest BCUT2D eigenvalue weighted by Crippen LogP contribution is 2.26. The lowest BCUT2D eigenvalue weighted by Gasteiger charge is -2.34. The van der Waals surface area contributed by atoms with E-state index >= 15 is 0 Å². The maximum Gasteiger partial charge on any atom is 0.246 e. The predicted octanol–water partition coefficient (Wildman–Crippen LogP) is 1.25. The van der Waals surface area contributed by atoms with Gasteiger partial charge >= 0.3 is 0 Å². The molecule has 19 heavy (non-hydrogen) atoms. The van der Waals surface area contributed by atoms with Crippen molar-refractivity contribution in [3.05, 3.63) is 11.4 Å². The highest BCUT2D eigenvalue weighted by Gasteiger charge is 2.35. The van der Waals surface area contributed by atoms with Crippen LogP contribution in [0.1, 0.15) is 25.2 Å². The average molecular weight is 308 g/mol. The third-order valence-electron chi connectivity index (χ3n) is 3.07. The minimum Gasteiger partial charge on any atom is -0.373 e. The molecule has 1 aromatic rings. The van der Waals surface area contributed by atoms with Crippen molar-refractivity contribution < 1.29 is 13.2 Å². The number of aryl methyl sites for hydroxylation is 1. The minimum absolute atomic E-state index is 0.0638. The van der Waals surface area contributed by atoms with Gasteiger partial charge < -0.3 is 4.74 Å². The molecule has 0 amide bonds. The van der Waals surface area contributed by atoms with Gasteiger partial charge in [-0.1, -0.05) is 0 Å². The van der Waals surface area contributed by atoms with Crippen molar-refractivity contribution in [2.75, 3.05) is 13.1 Å². The number of morpholine rings is 1. The zero-order chi connectivity index (χ0) is 14.2. The number of H-pyrrole nitrogens is 1. The fourth-order valence-corrected chi connectivity index (χ4v) is 4.55. The SMILES string of the molecule is Cc1[nH]nc(CCl)c1S(=O)(=O)N1CC(C)OC(C)C1. The standard InChI is InChI=1S/C11H18ClN3O3S/c1-7-5-15(6-8(2)18-7)19(16,17)11-9(3)13-14-10(11)4-12/h7-8H,4-6H2,1-3H3,(H,13,14). The predicted molar refractivity (Wildman–Crippen MR) is 71.6 cm³/mol. The molecule has 1 fully saturated rings. The molecule has 2 rings (SSSR count). The number of hydrogen-bond acceptors (Lipinski definition) is 4. The van der Waals surface area contributed by atoms with Crippen LogP contribution < -0.4 is 0 Å². The topological polar surface area (TPSA) is 75.3 Å². The van der Waals surface area contributed by atoms with Crippen LogP contribution >= 0.6 is 11.6 Å². The minimum atomic E-state index is -3.58. The molecular formula is C11H18ClN3O3S.